The second-order valence-electron chi connectivity index (χ2n) is 5.68. The van der Waals surface area contributed by atoms with E-state index < -0.39 is 0 Å². The van der Waals surface area contributed by atoms with E-state index in [1.54, 1.807) is 6.20 Å². The first-order valence-electron chi connectivity index (χ1n) is 8.21. The Balaban J connectivity index is 1.59. The third-order valence-corrected chi connectivity index (χ3v) is 3.68. The van der Waals surface area contributed by atoms with Gasteiger partial charge in [0.1, 0.15) is 17.6 Å². The maximum atomic E-state index is 5.71. The van der Waals surface area contributed by atoms with Crippen LogP contribution in [-0.2, 0) is 4.84 Å². The molecular weight excluding hydrogens is 304 g/mol. The van der Waals surface area contributed by atoms with Crippen LogP contribution >= 0.6 is 0 Å². The van der Waals surface area contributed by atoms with Crippen LogP contribution in [0.2, 0.25) is 0 Å². The number of nitrogens with zero attached hydrogens (tertiary/aromatic N) is 1. The van der Waals surface area contributed by atoms with Crippen molar-refractivity contribution in [1.82, 2.24) is 10.5 Å². The highest BCUT2D eigenvalue weighted by Crippen LogP contribution is 2.27. The summed E-state index contributed by atoms with van der Waals surface area (Å²) >= 11 is 0. The van der Waals surface area contributed by atoms with Crippen LogP contribution < -0.4 is 15.0 Å². The molecule has 0 amide bonds. The lowest BCUT2D eigenvalue weighted by molar-refractivity contribution is 0.0273. The molecule has 2 heterocycles. The number of hydroxylamine groups is 1. The third kappa shape index (κ3) is 4.26. The average molecular weight is 326 g/mol. The molecule has 1 aromatic heterocycles. The molecule has 1 N–H and O–H groups in total. The van der Waals surface area contributed by atoms with Crippen LogP contribution in [0.25, 0.3) is 0 Å². The van der Waals surface area contributed by atoms with Crippen molar-refractivity contribution in [3.05, 3.63) is 65.8 Å². The second kappa shape index (κ2) is 7.84. The third-order valence-electron chi connectivity index (χ3n) is 3.68. The minimum Gasteiger partial charge on any atom is -0.494 e. The molecule has 1 aliphatic rings. The van der Waals surface area contributed by atoms with Gasteiger partial charge in [-0.25, -0.2) is 5.48 Å². The van der Waals surface area contributed by atoms with Gasteiger partial charge in [0.05, 0.1) is 12.8 Å². The molecule has 0 unspecified atom stereocenters. The van der Waals surface area contributed by atoms with Gasteiger partial charge in [-0.3, -0.25) is 9.82 Å². The summed E-state index contributed by atoms with van der Waals surface area (Å²) in [5.74, 6) is 2.11. The van der Waals surface area contributed by atoms with Crippen LogP contribution in [0, 0.1) is 6.92 Å². The Labute approximate surface area is 142 Å². The Hall–Kier alpha value is -2.53. The van der Waals surface area contributed by atoms with Crippen molar-refractivity contribution in [2.75, 3.05) is 6.61 Å². The molecule has 5 heteroatoms. The molecule has 5 nitrogen and oxygen atoms in total. The molecule has 0 bridgehead atoms. The number of benzene rings is 1. The quantitative estimate of drug-likeness (QED) is 0.778. The summed E-state index contributed by atoms with van der Waals surface area (Å²) in [6.07, 6.45) is 5.59. The normalized spacial score (nSPS) is 16.4. The number of nitrogens with one attached hydrogen (secondary N) is 1. The highest BCUT2D eigenvalue weighted by atomic mass is 16.7. The maximum absolute atomic E-state index is 5.71. The molecule has 2 aromatic rings. The minimum absolute atomic E-state index is 0.192. The zero-order valence-electron chi connectivity index (χ0n) is 14.0. The number of aryl methyl sites for hydroxylation is 1. The molecule has 24 heavy (non-hydrogen) atoms. The van der Waals surface area contributed by atoms with Crippen molar-refractivity contribution < 1.29 is 14.3 Å². The number of aromatic nitrogens is 1. The molecule has 0 fully saturated rings. The molecule has 1 atom stereocenters. The van der Waals surface area contributed by atoms with E-state index in [4.69, 9.17) is 14.3 Å². The fraction of sp³-hybridized carbons (Fsp3) is 0.316. The lowest BCUT2D eigenvalue weighted by Crippen LogP contribution is -2.12. The van der Waals surface area contributed by atoms with Crippen LogP contribution in [0.3, 0.4) is 0 Å². The van der Waals surface area contributed by atoms with Crippen molar-refractivity contribution in [1.29, 1.82) is 0 Å². The molecule has 0 spiro atoms. The topological polar surface area (TPSA) is 52.6 Å². The van der Waals surface area contributed by atoms with E-state index in [9.17, 15) is 0 Å². The number of unbranched alkanes of at least 4 members (excludes halogenated alkanes) is 1. The first kappa shape index (κ1) is 16.3. The summed E-state index contributed by atoms with van der Waals surface area (Å²) in [5.41, 5.74) is 4.79. The first-order chi connectivity index (χ1) is 11.7. The van der Waals surface area contributed by atoms with Crippen LogP contribution in [0.15, 0.2) is 54.6 Å². The van der Waals surface area contributed by atoms with E-state index in [-0.39, 0.29) is 6.10 Å². The summed E-state index contributed by atoms with van der Waals surface area (Å²) in [7, 11) is 0. The summed E-state index contributed by atoms with van der Waals surface area (Å²) < 4.78 is 11.4. The van der Waals surface area contributed by atoms with E-state index >= 15 is 0 Å². The first-order valence-corrected chi connectivity index (χ1v) is 8.21. The molecule has 0 radical (unpaired) electrons. The minimum atomic E-state index is -0.192. The molecule has 126 valence electrons. The zero-order valence-corrected chi connectivity index (χ0v) is 14.0. The van der Waals surface area contributed by atoms with Gasteiger partial charge in [0, 0.05) is 11.8 Å². The van der Waals surface area contributed by atoms with Gasteiger partial charge in [0.25, 0.3) is 0 Å². The van der Waals surface area contributed by atoms with Gasteiger partial charge in [-0.05, 0) is 43.2 Å². The summed E-state index contributed by atoms with van der Waals surface area (Å²) in [6, 6.07) is 11.7. The Morgan fingerprint density at radius 3 is 2.62 bits per heavy atom. The molecule has 0 aliphatic carbocycles. The van der Waals surface area contributed by atoms with Crippen LogP contribution in [0.4, 0.5) is 0 Å². The number of rotatable bonds is 7. The van der Waals surface area contributed by atoms with E-state index in [1.165, 1.54) is 0 Å². The Morgan fingerprint density at radius 1 is 1.12 bits per heavy atom. The molecule has 1 aromatic carbocycles. The number of hydrogen-bond acceptors (Lipinski definition) is 5. The van der Waals surface area contributed by atoms with Crippen molar-refractivity contribution in [2.45, 2.75) is 32.8 Å². The van der Waals surface area contributed by atoms with Gasteiger partial charge in [-0.15, -0.1) is 0 Å². The Bertz CT molecular complexity index is 681. The summed E-state index contributed by atoms with van der Waals surface area (Å²) in [5, 5.41) is 0. The van der Waals surface area contributed by atoms with Gasteiger partial charge in [-0.1, -0.05) is 25.5 Å². The average Bonchev–Trinajstić information content (AvgIpc) is 3.06. The van der Waals surface area contributed by atoms with Gasteiger partial charge in [-0.2, -0.15) is 0 Å². The maximum Gasteiger partial charge on any atom is 0.216 e. The zero-order chi connectivity index (χ0) is 16.8. The van der Waals surface area contributed by atoms with Crippen molar-refractivity contribution in [3.63, 3.8) is 0 Å². The molecule has 1 aliphatic heterocycles. The molecule has 0 saturated heterocycles. The highest BCUT2D eigenvalue weighted by molar-refractivity contribution is 5.31. The largest absolute Gasteiger partial charge is 0.494 e. The van der Waals surface area contributed by atoms with Gasteiger partial charge in [0.15, 0.2) is 0 Å². The van der Waals surface area contributed by atoms with Crippen molar-refractivity contribution >= 4 is 0 Å². The predicted molar refractivity (Wildman–Crippen MR) is 91.5 cm³/mol. The predicted octanol–water partition coefficient (Wildman–Crippen LogP) is 4.07. The lowest BCUT2D eigenvalue weighted by atomic mass is 10.1. The van der Waals surface area contributed by atoms with E-state index in [0.29, 0.717) is 11.6 Å². The van der Waals surface area contributed by atoms with E-state index in [1.807, 2.05) is 49.4 Å². The summed E-state index contributed by atoms with van der Waals surface area (Å²) in [4.78, 5) is 9.76. The Morgan fingerprint density at radius 2 is 1.92 bits per heavy atom. The van der Waals surface area contributed by atoms with E-state index in [0.717, 1.165) is 36.5 Å². The standard InChI is InChI=1S/C19H22N2O3/c1-3-4-11-22-16-9-6-15(7-10-16)18-12-19(21-24-18)23-17-8-5-14(2)20-13-17/h5-10,12-13,18,21H,3-4,11H2,1-2H3/t18-/m1/s1. The van der Waals surface area contributed by atoms with E-state index in [2.05, 4.69) is 17.4 Å². The fourth-order valence-corrected chi connectivity index (χ4v) is 2.28. The number of hydrogen-bond donors (Lipinski definition) is 1. The lowest BCUT2D eigenvalue weighted by Gasteiger charge is -2.09. The van der Waals surface area contributed by atoms with Crippen molar-refractivity contribution in [3.8, 4) is 11.5 Å². The summed E-state index contributed by atoms with van der Waals surface area (Å²) in [6.45, 7) is 4.83. The van der Waals surface area contributed by atoms with Gasteiger partial charge < -0.3 is 9.47 Å². The SMILES string of the molecule is CCCCOc1ccc([C@H]2C=C(Oc3ccc(C)nc3)NO2)cc1. The van der Waals surface area contributed by atoms with Crippen LogP contribution in [-0.4, -0.2) is 11.6 Å². The van der Waals surface area contributed by atoms with Crippen LogP contribution in [0.5, 0.6) is 11.5 Å². The second-order valence-corrected chi connectivity index (χ2v) is 5.68. The molecule has 3 rings (SSSR count). The smallest absolute Gasteiger partial charge is 0.216 e. The number of ether oxygens (including phenoxy) is 2. The van der Waals surface area contributed by atoms with Crippen molar-refractivity contribution in [2.24, 2.45) is 0 Å². The fourth-order valence-electron chi connectivity index (χ4n) is 2.28. The monoisotopic (exact) mass is 326 g/mol. The Kier molecular flexibility index (Phi) is 5.33. The number of pyridine rings is 1. The van der Waals surface area contributed by atoms with Gasteiger partial charge >= 0.3 is 0 Å². The molecule has 0 saturated carbocycles. The van der Waals surface area contributed by atoms with Gasteiger partial charge in [0.2, 0.25) is 5.88 Å². The van der Waals surface area contributed by atoms with Crippen LogP contribution in [0.1, 0.15) is 37.1 Å². The highest BCUT2D eigenvalue weighted by Gasteiger charge is 2.20. The molecular formula is C19H22N2O3.